The molecule has 5 heteroatoms. The van der Waals surface area contributed by atoms with Crippen molar-refractivity contribution < 1.29 is 13.6 Å². The van der Waals surface area contributed by atoms with E-state index < -0.39 is 11.4 Å². The number of carbonyl (C=O) groups excluding carboxylic acids is 1. The number of amides is 1. The molecule has 0 bridgehead atoms. The van der Waals surface area contributed by atoms with Crippen LogP contribution in [0.25, 0.3) is 11.0 Å². The van der Waals surface area contributed by atoms with E-state index in [2.05, 4.69) is 5.32 Å². The molecular formula is C19H16FNO3. The van der Waals surface area contributed by atoms with Gasteiger partial charge in [0.1, 0.15) is 11.4 Å². The Morgan fingerprint density at radius 3 is 2.54 bits per heavy atom. The van der Waals surface area contributed by atoms with Gasteiger partial charge in [0.25, 0.3) is 5.91 Å². The van der Waals surface area contributed by atoms with Crippen molar-refractivity contribution in [2.75, 3.05) is 0 Å². The SMILES string of the molecule is Cc1ccc2c(CNC(=O)c3ccc(F)cc3)cc(=O)oc2c1C. The van der Waals surface area contributed by atoms with Gasteiger partial charge in [-0.2, -0.15) is 0 Å². The summed E-state index contributed by atoms with van der Waals surface area (Å²) in [5.74, 6) is -0.732. The van der Waals surface area contributed by atoms with Crippen LogP contribution in [0.5, 0.6) is 0 Å². The van der Waals surface area contributed by atoms with Crippen LogP contribution in [0.1, 0.15) is 27.0 Å². The third-order valence-electron chi connectivity index (χ3n) is 4.06. The molecule has 3 rings (SSSR count). The summed E-state index contributed by atoms with van der Waals surface area (Å²) in [6.07, 6.45) is 0. The number of hydrogen-bond acceptors (Lipinski definition) is 3. The summed E-state index contributed by atoms with van der Waals surface area (Å²) in [7, 11) is 0. The molecular weight excluding hydrogens is 309 g/mol. The summed E-state index contributed by atoms with van der Waals surface area (Å²) in [6, 6.07) is 10.5. The van der Waals surface area contributed by atoms with Crippen molar-refractivity contribution in [2.24, 2.45) is 0 Å². The third-order valence-corrected chi connectivity index (χ3v) is 4.06. The molecule has 0 aliphatic heterocycles. The normalized spacial score (nSPS) is 10.8. The lowest BCUT2D eigenvalue weighted by Gasteiger charge is -2.10. The fourth-order valence-electron chi connectivity index (χ4n) is 2.55. The molecule has 1 amide bonds. The Labute approximate surface area is 137 Å². The van der Waals surface area contributed by atoms with Gasteiger partial charge in [-0.15, -0.1) is 0 Å². The molecule has 0 aliphatic rings. The number of aryl methyl sites for hydroxylation is 2. The number of fused-ring (bicyclic) bond motifs is 1. The quantitative estimate of drug-likeness (QED) is 0.750. The first-order chi connectivity index (χ1) is 11.5. The van der Waals surface area contributed by atoms with Crippen molar-refractivity contribution in [3.8, 4) is 0 Å². The summed E-state index contributed by atoms with van der Waals surface area (Å²) < 4.78 is 18.2. The molecule has 24 heavy (non-hydrogen) atoms. The molecule has 0 spiro atoms. The predicted octanol–water partition coefficient (Wildman–Crippen LogP) is 3.48. The standard InChI is InChI=1S/C19H16FNO3/c1-11-3-8-16-14(9-17(22)24-18(16)12(11)2)10-21-19(23)13-4-6-15(20)7-5-13/h3-9H,10H2,1-2H3,(H,21,23). The maximum absolute atomic E-state index is 12.9. The van der Waals surface area contributed by atoms with Crippen LogP contribution in [0.3, 0.4) is 0 Å². The number of halogens is 1. The first-order valence-corrected chi connectivity index (χ1v) is 7.52. The van der Waals surface area contributed by atoms with Crippen LogP contribution >= 0.6 is 0 Å². The van der Waals surface area contributed by atoms with Gasteiger partial charge in [-0.1, -0.05) is 12.1 Å². The third kappa shape index (κ3) is 3.06. The van der Waals surface area contributed by atoms with Crippen LogP contribution in [0.15, 0.2) is 51.7 Å². The number of carbonyl (C=O) groups is 1. The lowest BCUT2D eigenvalue weighted by Crippen LogP contribution is -2.23. The van der Waals surface area contributed by atoms with Crippen LogP contribution in [-0.4, -0.2) is 5.91 Å². The van der Waals surface area contributed by atoms with Gasteiger partial charge in [0.2, 0.25) is 0 Å². The van der Waals surface area contributed by atoms with Crippen LogP contribution in [0.4, 0.5) is 4.39 Å². The summed E-state index contributed by atoms with van der Waals surface area (Å²) in [5, 5.41) is 3.54. The van der Waals surface area contributed by atoms with E-state index in [0.717, 1.165) is 16.5 Å². The number of nitrogens with one attached hydrogen (secondary N) is 1. The second-order valence-electron chi connectivity index (χ2n) is 5.66. The average Bonchev–Trinajstić information content (AvgIpc) is 2.56. The van der Waals surface area contributed by atoms with Gasteiger partial charge in [-0.25, -0.2) is 9.18 Å². The average molecular weight is 325 g/mol. The largest absolute Gasteiger partial charge is 0.422 e. The molecule has 0 saturated carbocycles. The Bertz CT molecular complexity index is 974. The van der Waals surface area contributed by atoms with Gasteiger partial charge in [-0.05, 0) is 54.8 Å². The van der Waals surface area contributed by atoms with Gasteiger partial charge in [-0.3, -0.25) is 4.79 Å². The van der Waals surface area contributed by atoms with E-state index in [1.807, 2.05) is 26.0 Å². The highest BCUT2D eigenvalue weighted by Crippen LogP contribution is 2.23. The fourth-order valence-corrected chi connectivity index (χ4v) is 2.55. The number of hydrogen-bond donors (Lipinski definition) is 1. The van der Waals surface area contributed by atoms with Crippen molar-refractivity contribution >= 4 is 16.9 Å². The molecule has 1 heterocycles. The molecule has 2 aromatic carbocycles. The van der Waals surface area contributed by atoms with E-state index in [-0.39, 0.29) is 12.5 Å². The Balaban J connectivity index is 1.90. The molecule has 0 radical (unpaired) electrons. The molecule has 0 fully saturated rings. The van der Waals surface area contributed by atoms with Crippen molar-refractivity contribution in [2.45, 2.75) is 20.4 Å². The number of benzene rings is 2. The summed E-state index contributed by atoms with van der Waals surface area (Å²) in [4.78, 5) is 23.9. The Morgan fingerprint density at radius 1 is 1.12 bits per heavy atom. The first-order valence-electron chi connectivity index (χ1n) is 7.52. The molecule has 0 unspecified atom stereocenters. The molecule has 1 aromatic heterocycles. The van der Waals surface area contributed by atoms with E-state index >= 15 is 0 Å². The van der Waals surface area contributed by atoms with Crippen molar-refractivity contribution in [3.05, 3.63) is 81.0 Å². The smallest absolute Gasteiger partial charge is 0.336 e. The summed E-state index contributed by atoms with van der Waals surface area (Å²) in [6.45, 7) is 4.01. The second kappa shape index (κ2) is 6.28. The molecule has 122 valence electrons. The Kier molecular flexibility index (Phi) is 4.16. The zero-order chi connectivity index (χ0) is 17.3. The van der Waals surface area contributed by atoms with Gasteiger partial charge in [0.15, 0.2) is 0 Å². The molecule has 0 saturated heterocycles. The van der Waals surface area contributed by atoms with E-state index in [9.17, 15) is 14.0 Å². The molecule has 1 N–H and O–H groups in total. The zero-order valence-corrected chi connectivity index (χ0v) is 13.4. The fraction of sp³-hybridized carbons (Fsp3) is 0.158. The van der Waals surface area contributed by atoms with Gasteiger partial charge >= 0.3 is 5.63 Å². The highest BCUT2D eigenvalue weighted by Gasteiger charge is 2.11. The number of rotatable bonds is 3. The van der Waals surface area contributed by atoms with E-state index in [0.29, 0.717) is 16.7 Å². The highest BCUT2D eigenvalue weighted by atomic mass is 19.1. The molecule has 3 aromatic rings. The van der Waals surface area contributed by atoms with E-state index in [4.69, 9.17) is 4.42 Å². The zero-order valence-electron chi connectivity index (χ0n) is 13.4. The Hall–Kier alpha value is -2.95. The maximum Gasteiger partial charge on any atom is 0.336 e. The predicted molar refractivity (Wildman–Crippen MR) is 89.5 cm³/mol. The minimum atomic E-state index is -0.456. The second-order valence-corrected chi connectivity index (χ2v) is 5.66. The first kappa shape index (κ1) is 15.9. The van der Waals surface area contributed by atoms with Crippen molar-refractivity contribution in [3.63, 3.8) is 0 Å². The summed E-state index contributed by atoms with van der Waals surface area (Å²) in [5.41, 5.74) is 3.04. The molecule has 4 nitrogen and oxygen atoms in total. The van der Waals surface area contributed by atoms with Crippen LogP contribution in [0, 0.1) is 19.7 Å². The van der Waals surface area contributed by atoms with Crippen molar-refractivity contribution in [1.82, 2.24) is 5.32 Å². The minimum Gasteiger partial charge on any atom is -0.422 e. The minimum absolute atomic E-state index is 0.181. The molecule has 0 atom stereocenters. The van der Waals surface area contributed by atoms with Crippen molar-refractivity contribution in [1.29, 1.82) is 0 Å². The summed E-state index contributed by atoms with van der Waals surface area (Å²) >= 11 is 0. The highest BCUT2D eigenvalue weighted by molar-refractivity contribution is 5.94. The maximum atomic E-state index is 12.9. The topological polar surface area (TPSA) is 59.3 Å². The Morgan fingerprint density at radius 2 is 1.83 bits per heavy atom. The van der Waals surface area contributed by atoms with E-state index in [1.54, 1.807) is 0 Å². The monoisotopic (exact) mass is 325 g/mol. The van der Waals surface area contributed by atoms with Gasteiger partial charge in [0, 0.05) is 23.6 Å². The van der Waals surface area contributed by atoms with Gasteiger partial charge in [0.05, 0.1) is 0 Å². The van der Waals surface area contributed by atoms with Gasteiger partial charge < -0.3 is 9.73 Å². The van der Waals surface area contributed by atoms with Crippen LogP contribution in [-0.2, 0) is 6.54 Å². The van der Waals surface area contributed by atoms with Crippen LogP contribution < -0.4 is 10.9 Å². The lowest BCUT2D eigenvalue weighted by atomic mass is 10.0. The molecule has 0 aliphatic carbocycles. The van der Waals surface area contributed by atoms with E-state index in [1.165, 1.54) is 30.3 Å². The van der Waals surface area contributed by atoms with Crippen LogP contribution in [0.2, 0.25) is 0 Å². The lowest BCUT2D eigenvalue weighted by molar-refractivity contribution is 0.0951.